The minimum Gasteiger partial charge on any atom is -0.358 e. The first-order valence-corrected chi connectivity index (χ1v) is 3.65. The van der Waals surface area contributed by atoms with Gasteiger partial charge in [0.05, 0.1) is 6.07 Å². The molecule has 11 heavy (non-hydrogen) atoms. The maximum atomic E-state index is 12.4. The Kier molecular flexibility index (Phi) is 2.32. The van der Waals surface area contributed by atoms with Crippen LogP contribution >= 0.6 is 22.6 Å². The van der Waals surface area contributed by atoms with Crippen molar-refractivity contribution >= 4 is 28.4 Å². The Morgan fingerprint density at radius 2 is 2.27 bits per heavy atom. The number of nitrogens with zero attached hydrogens (tertiary/aromatic N) is 2. The van der Waals surface area contributed by atoms with Crippen LogP contribution in [-0.4, -0.2) is 9.91 Å². The molecule has 0 aliphatic rings. The molecule has 6 heteroatoms. The molecule has 0 amide bonds. The second-order valence-corrected chi connectivity index (χ2v) is 2.83. The van der Waals surface area contributed by atoms with Crippen molar-refractivity contribution in [3.63, 3.8) is 0 Å². The van der Waals surface area contributed by atoms with Crippen LogP contribution in [0.1, 0.15) is 0 Å². The van der Waals surface area contributed by atoms with E-state index in [-0.39, 0.29) is 3.70 Å². The Balaban J connectivity index is 3.19. The molecule has 0 bridgehead atoms. The SMILES string of the molecule is O=[N+]([O-])c1cc(F)cc(I)n1. The average Bonchev–Trinajstić information content (AvgIpc) is 1.85. The number of aromatic nitrogens is 1. The first kappa shape index (κ1) is 8.31. The summed E-state index contributed by atoms with van der Waals surface area (Å²) in [6.45, 7) is 0. The Morgan fingerprint density at radius 1 is 1.64 bits per heavy atom. The van der Waals surface area contributed by atoms with Crippen molar-refractivity contribution in [1.82, 2.24) is 4.98 Å². The fourth-order valence-corrected chi connectivity index (χ4v) is 1.09. The normalized spacial score (nSPS) is 9.64. The van der Waals surface area contributed by atoms with Crippen molar-refractivity contribution < 1.29 is 9.31 Å². The van der Waals surface area contributed by atoms with Gasteiger partial charge in [-0.05, 0) is 9.91 Å². The largest absolute Gasteiger partial charge is 0.367 e. The van der Waals surface area contributed by atoms with E-state index in [0.717, 1.165) is 12.1 Å². The summed E-state index contributed by atoms with van der Waals surface area (Å²) in [7, 11) is 0. The van der Waals surface area contributed by atoms with Crippen LogP contribution in [0.4, 0.5) is 10.2 Å². The highest BCUT2D eigenvalue weighted by atomic mass is 127. The summed E-state index contributed by atoms with van der Waals surface area (Å²) in [5, 5.41) is 10.1. The van der Waals surface area contributed by atoms with Gasteiger partial charge in [-0.3, -0.25) is 0 Å². The lowest BCUT2D eigenvalue weighted by molar-refractivity contribution is -0.389. The van der Waals surface area contributed by atoms with Gasteiger partial charge in [0, 0.05) is 28.7 Å². The maximum absolute atomic E-state index is 12.4. The summed E-state index contributed by atoms with van der Waals surface area (Å²) in [4.78, 5) is 12.8. The van der Waals surface area contributed by atoms with Crippen LogP contribution in [0.15, 0.2) is 12.1 Å². The summed E-state index contributed by atoms with van der Waals surface area (Å²) >= 11 is 1.71. The van der Waals surface area contributed by atoms with Crippen LogP contribution in [0.3, 0.4) is 0 Å². The number of hydrogen-bond donors (Lipinski definition) is 0. The van der Waals surface area contributed by atoms with Gasteiger partial charge < -0.3 is 10.1 Å². The van der Waals surface area contributed by atoms with Crippen LogP contribution < -0.4 is 0 Å². The molecule has 0 spiro atoms. The zero-order valence-corrected chi connectivity index (χ0v) is 7.28. The zero-order chi connectivity index (χ0) is 8.43. The quantitative estimate of drug-likeness (QED) is 0.337. The Labute approximate surface area is 74.7 Å². The van der Waals surface area contributed by atoms with E-state index >= 15 is 0 Å². The van der Waals surface area contributed by atoms with E-state index in [2.05, 4.69) is 4.98 Å². The first-order chi connectivity index (χ1) is 5.09. The van der Waals surface area contributed by atoms with Crippen LogP contribution in [-0.2, 0) is 0 Å². The summed E-state index contributed by atoms with van der Waals surface area (Å²) < 4.78 is 12.7. The summed E-state index contributed by atoms with van der Waals surface area (Å²) in [5.41, 5.74) is 0. The van der Waals surface area contributed by atoms with Crippen molar-refractivity contribution in [2.45, 2.75) is 0 Å². The minimum atomic E-state index is -0.731. The molecule has 0 radical (unpaired) electrons. The molecule has 0 unspecified atom stereocenters. The molecule has 0 saturated heterocycles. The first-order valence-electron chi connectivity index (χ1n) is 2.57. The van der Waals surface area contributed by atoms with Crippen molar-refractivity contribution in [2.24, 2.45) is 0 Å². The fraction of sp³-hybridized carbons (Fsp3) is 0. The van der Waals surface area contributed by atoms with E-state index < -0.39 is 16.6 Å². The summed E-state index contributed by atoms with van der Waals surface area (Å²) in [5.74, 6) is -1.11. The molecule has 1 heterocycles. The molecule has 0 aromatic carbocycles. The Morgan fingerprint density at radius 3 is 2.73 bits per heavy atom. The van der Waals surface area contributed by atoms with E-state index in [1.165, 1.54) is 0 Å². The molecule has 0 aliphatic carbocycles. The Hall–Kier alpha value is -0.790. The van der Waals surface area contributed by atoms with Crippen LogP contribution in [0, 0.1) is 19.6 Å². The van der Waals surface area contributed by atoms with Crippen molar-refractivity contribution in [2.75, 3.05) is 0 Å². The number of hydrogen-bond acceptors (Lipinski definition) is 3. The highest BCUT2D eigenvalue weighted by molar-refractivity contribution is 14.1. The molecule has 1 aromatic heterocycles. The lowest BCUT2D eigenvalue weighted by Crippen LogP contribution is -1.94. The number of pyridine rings is 1. The van der Waals surface area contributed by atoms with Crippen LogP contribution in [0.5, 0.6) is 0 Å². The van der Waals surface area contributed by atoms with Gasteiger partial charge in [-0.15, -0.1) is 0 Å². The van der Waals surface area contributed by atoms with Gasteiger partial charge in [0.1, 0.15) is 5.82 Å². The molecule has 0 saturated carbocycles. The third kappa shape index (κ3) is 2.07. The van der Waals surface area contributed by atoms with Gasteiger partial charge >= 0.3 is 5.82 Å². The van der Waals surface area contributed by atoms with Gasteiger partial charge in [0.15, 0.2) is 0 Å². The van der Waals surface area contributed by atoms with E-state index in [9.17, 15) is 14.5 Å². The van der Waals surface area contributed by atoms with Crippen molar-refractivity contribution in [3.05, 3.63) is 31.8 Å². The van der Waals surface area contributed by atoms with Crippen LogP contribution in [0.25, 0.3) is 0 Å². The van der Waals surface area contributed by atoms with E-state index in [1.807, 2.05) is 0 Å². The number of rotatable bonds is 1. The number of halogens is 2. The van der Waals surface area contributed by atoms with Gasteiger partial charge in [-0.25, -0.2) is 4.39 Å². The molecule has 1 aromatic rings. The van der Waals surface area contributed by atoms with Gasteiger partial charge in [0.25, 0.3) is 0 Å². The topological polar surface area (TPSA) is 56.0 Å². The second kappa shape index (κ2) is 3.07. The van der Waals surface area contributed by atoms with E-state index in [4.69, 9.17) is 0 Å². The van der Waals surface area contributed by atoms with Crippen LogP contribution in [0.2, 0.25) is 0 Å². The summed E-state index contributed by atoms with van der Waals surface area (Å²) in [6, 6.07) is 1.90. The molecule has 58 valence electrons. The highest BCUT2D eigenvalue weighted by Crippen LogP contribution is 2.12. The second-order valence-electron chi connectivity index (χ2n) is 1.72. The highest BCUT2D eigenvalue weighted by Gasteiger charge is 2.10. The smallest absolute Gasteiger partial charge is 0.358 e. The van der Waals surface area contributed by atoms with Crippen molar-refractivity contribution in [1.29, 1.82) is 0 Å². The molecule has 0 atom stereocenters. The monoisotopic (exact) mass is 268 g/mol. The molecular formula is C5H2FIN2O2. The predicted molar refractivity (Wildman–Crippen MR) is 43.6 cm³/mol. The Bertz CT molecular complexity index is 284. The standard InChI is InChI=1S/C5H2FIN2O2/c6-3-1-4(7)8-5(2-3)9(10)11/h1-2H. The molecule has 0 fully saturated rings. The third-order valence-electron chi connectivity index (χ3n) is 0.932. The summed E-state index contributed by atoms with van der Waals surface area (Å²) in [6.07, 6.45) is 0. The average molecular weight is 268 g/mol. The zero-order valence-electron chi connectivity index (χ0n) is 5.12. The fourth-order valence-electron chi connectivity index (χ4n) is 0.546. The minimum absolute atomic E-state index is 0.273. The molecule has 0 N–H and O–H groups in total. The molecule has 0 aliphatic heterocycles. The van der Waals surface area contributed by atoms with E-state index in [1.54, 1.807) is 22.6 Å². The molecular weight excluding hydrogens is 266 g/mol. The molecule has 4 nitrogen and oxygen atoms in total. The number of nitro groups is 1. The maximum Gasteiger partial charge on any atom is 0.367 e. The van der Waals surface area contributed by atoms with Gasteiger partial charge in [-0.2, -0.15) is 0 Å². The van der Waals surface area contributed by atoms with Gasteiger partial charge in [-0.1, -0.05) is 0 Å². The lowest BCUT2D eigenvalue weighted by Gasteiger charge is -1.91. The van der Waals surface area contributed by atoms with Gasteiger partial charge in [0.2, 0.25) is 3.70 Å². The van der Waals surface area contributed by atoms with E-state index in [0.29, 0.717) is 0 Å². The van der Waals surface area contributed by atoms with Crippen molar-refractivity contribution in [3.8, 4) is 0 Å². The molecule has 1 rings (SSSR count). The predicted octanol–water partition coefficient (Wildman–Crippen LogP) is 1.73. The third-order valence-corrected chi connectivity index (χ3v) is 1.49. The lowest BCUT2D eigenvalue weighted by atomic mass is 10.4.